The van der Waals surface area contributed by atoms with Gasteiger partial charge in [0.15, 0.2) is 0 Å². The number of benzene rings is 2. The molecule has 2 aromatic carbocycles. The minimum atomic E-state index is -0.238. The molecule has 118 valence electrons. The maximum atomic E-state index is 12.9. The number of ether oxygens (including phenoxy) is 1. The second kappa shape index (κ2) is 7.28. The van der Waals surface area contributed by atoms with Crippen molar-refractivity contribution < 1.29 is 13.5 Å². The van der Waals surface area contributed by atoms with Gasteiger partial charge in [0, 0.05) is 5.75 Å². The van der Waals surface area contributed by atoms with Crippen LogP contribution in [0.5, 0.6) is 5.75 Å². The van der Waals surface area contributed by atoms with Crippen LogP contribution in [0.15, 0.2) is 58.2 Å². The first-order valence-electron chi connectivity index (χ1n) is 7.05. The lowest BCUT2D eigenvalue weighted by molar-refractivity contribution is 0.413. The van der Waals surface area contributed by atoms with Crippen LogP contribution < -0.4 is 4.74 Å². The maximum Gasteiger partial charge on any atom is 0.276 e. The van der Waals surface area contributed by atoms with E-state index in [0.717, 1.165) is 16.9 Å². The molecule has 23 heavy (non-hydrogen) atoms. The van der Waals surface area contributed by atoms with E-state index in [9.17, 15) is 4.39 Å². The summed E-state index contributed by atoms with van der Waals surface area (Å²) in [6.07, 6.45) is 0.577. The highest BCUT2D eigenvalue weighted by Gasteiger charge is 2.08. The molecule has 0 fully saturated rings. The summed E-state index contributed by atoms with van der Waals surface area (Å²) < 4.78 is 23.6. The van der Waals surface area contributed by atoms with Gasteiger partial charge in [-0.3, -0.25) is 0 Å². The second-order valence-corrected chi connectivity index (χ2v) is 5.83. The molecule has 6 heteroatoms. The highest BCUT2D eigenvalue weighted by Crippen LogP contribution is 2.22. The molecule has 0 N–H and O–H groups in total. The second-order valence-electron chi connectivity index (χ2n) is 4.90. The number of nitrogens with zero attached hydrogens (tertiary/aromatic N) is 2. The van der Waals surface area contributed by atoms with Gasteiger partial charge in [0.05, 0.1) is 13.5 Å². The normalized spacial score (nSPS) is 10.7. The molecule has 3 rings (SSSR count). The molecule has 0 saturated heterocycles. The number of hydrogen-bond donors (Lipinski definition) is 0. The summed E-state index contributed by atoms with van der Waals surface area (Å²) in [5.41, 5.74) is 2.08. The number of aromatic nitrogens is 2. The Morgan fingerprint density at radius 3 is 2.39 bits per heavy atom. The zero-order valence-electron chi connectivity index (χ0n) is 12.5. The molecule has 0 amide bonds. The van der Waals surface area contributed by atoms with Crippen LogP contribution in [-0.2, 0) is 12.2 Å². The van der Waals surface area contributed by atoms with E-state index < -0.39 is 0 Å². The van der Waals surface area contributed by atoms with Crippen LogP contribution in [0, 0.1) is 5.82 Å². The molecule has 4 nitrogen and oxygen atoms in total. The largest absolute Gasteiger partial charge is 0.497 e. The predicted octanol–water partition coefficient (Wildman–Crippen LogP) is 4.10. The molecule has 0 unspecified atom stereocenters. The summed E-state index contributed by atoms with van der Waals surface area (Å²) in [7, 11) is 1.64. The van der Waals surface area contributed by atoms with Gasteiger partial charge in [-0.15, -0.1) is 10.2 Å². The minimum absolute atomic E-state index is 0.238. The molecular formula is C17H15FN2O2S. The van der Waals surface area contributed by atoms with E-state index in [1.165, 1.54) is 23.9 Å². The van der Waals surface area contributed by atoms with Crippen molar-refractivity contribution in [3.05, 3.63) is 71.4 Å². The van der Waals surface area contributed by atoms with Gasteiger partial charge in [-0.1, -0.05) is 36.0 Å². The Kier molecular flexibility index (Phi) is 4.92. The number of hydrogen-bond acceptors (Lipinski definition) is 5. The van der Waals surface area contributed by atoms with Crippen molar-refractivity contribution in [2.75, 3.05) is 7.11 Å². The Hall–Kier alpha value is -2.34. The van der Waals surface area contributed by atoms with E-state index in [4.69, 9.17) is 9.15 Å². The average Bonchev–Trinajstić information content (AvgIpc) is 3.02. The van der Waals surface area contributed by atoms with Crippen LogP contribution in [0.4, 0.5) is 4.39 Å². The van der Waals surface area contributed by atoms with Gasteiger partial charge in [-0.05, 0) is 35.4 Å². The summed E-state index contributed by atoms with van der Waals surface area (Å²) in [6, 6.07) is 14.1. The third kappa shape index (κ3) is 4.32. The van der Waals surface area contributed by atoms with Crippen molar-refractivity contribution in [2.45, 2.75) is 17.4 Å². The molecule has 3 aromatic rings. The Labute approximate surface area is 137 Å². The Morgan fingerprint density at radius 1 is 1.00 bits per heavy atom. The van der Waals surface area contributed by atoms with E-state index in [2.05, 4.69) is 10.2 Å². The van der Waals surface area contributed by atoms with Gasteiger partial charge >= 0.3 is 0 Å². The van der Waals surface area contributed by atoms with Gasteiger partial charge in [-0.2, -0.15) is 0 Å². The lowest BCUT2D eigenvalue weighted by Gasteiger charge is -2.00. The fourth-order valence-corrected chi connectivity index (χ4v) is 2.75. The number of rotatable bonds is 6. The Balaban J connectivity index is 1.57. The molecule has 0 radical (unpaired) electrons. The van der Waals surface area contributed by atoms with Crippen LogP contribution in [0.3, 0.4) is 0 Å². The lowest BCUT2D eigenvalue weighted by atomic mass is 10.1. The van der Waals surface area contributed by atoms with Gasteiger partial charge in [0.2, 0.25) is 5.89 Å². The molecule has 1 heterocycles. The Morgan fingerprint density at radius 2 is 1.70 bits per heavy atom. The smallest absolute Gasteiger partial charge is 0.276 e. The molecule has 0 saturated carbocycles. The zero-order chi connectivity index (χ0) is 16.1. The molecule has 1 aromatic heterocycles. The summed E-state index contributed by atoms with van der Waals surface area (Å²) in [4.78, 5) is 0. The van der Waals surface area contributed by atoms with E-state index in [1.54, 1.807) is 19.2 Å². The fraction of sp³-hybridized carbons (Fsp3) is 0.176. The molecule has 0 aliphatic carbocycles. The highest BCUT2D eigenvalue weighted by atomic mass is 32.2. The summed E-state index contributed by atoms with van der Waals surface area (Å²) in [5, 5.41) is 8.59. The molecule has 0 aliphatic heterocycles. The van der Waals surface area contributed by atoms with Gasteiger partial charge in [0.1, 0.15) is 11.6 Å². The van der Waals surface area contributed by atoms with Crippen LogP contribution in [0.25, 0.3) is 0 Å². The van der Waals surface area contributed by atoms with Crippen LogP contribution in [0.2, 0.25) is 0 Å². The topological polar surface area (TPSA) is 48.2 Å². The van der Waals surface area contributed by atoms with Gasteiger partial charge in [0.25, 0.3) is 5.22 Å². The summed E-state index contributed by atoms with van der Waals surface area (Å²) >= 11 is 1.43. The van der Waals surface area contributed by atoms with Crippen molar-refractivity contribution >= 4 is 11.8 Å². The van der Waals surface area contributed by atoms with Crippen molar-refractivity contribution in [1.29, 1.82) is 0 Å². The van der Waals surface area contributed by atoms with E-state index in [0.29, 0.717) is 23.3 Å². The van der Waals surface area contributed by atoms with Crippen LogP contribution in [0.1, 0.15) is 17.0 Å². The van der Waals surface area contributed by atoms with Crippen molar-refractivity contribution in [1.82, 2.24) is 10.2 Å². The molecule has 0 bridgehead atoms. The monoisotopic (exact) mass is 330 g/mol. The summed E-state index contributed by atoms with van der Waals surface area (Å²) in [6.45, 7) is 0. The quantitative estimate of drug-likeness (QED) is 0.637. The predicted molar refractivity (Wildman–Crippen MR) is 86.1 cm³/mol. The lowest BCUT2D eigenvalue weighted by Crippen LogP contribution is -1.89. The first kappa shape index (κ1) is 15.6. The number of thioether (sulfide) groups is 1. The van der Waals surface area contributed by atoms with Gasteiger partial charge < -0.3 is 9.15 Å². The third-order valence-electron chi connectivity index (χ3n) is 3.24. The third-order valence-corrected chi connectivity index (χ3v) is 4.13. The van der Waals surface area contributed by atoms with Crippen LogP contribution >= 0.6 is 11.8 Å². The standard InChI is InChI=1S/C17H15FN2O2S/c1-21-15-8-4-12(5-9-15)10-16-19-20-17(22-16)23-11-13-2-6-14(18)7-3-13/h2-9H,10-11H2,1H3. The van der Waals surface area contributed by atoms with E-state index in [1.807, 2.05) is 24.3 Å². The number of methoxy groups -OCH3 is 1. The average molecular weight is 330 g/mol. The molecule has 0 atom stereocenters. The summed E-state index contributed by atoms with van der Waals surface area (Å²) in [5.74, 6) is 1.80. The molecular weight excluding hydrogens is 315 g/mol. The van der Waals surface area contributed by atoms with Crippen LogP contribution in [-0.4, -0.2) is 17.3 Å². The first-order valence-corrected chi connectivity index (χ1v) is 8.04. The molecule has 0 aliphatic rings. The highest BCUT2D eigenvalue weighted by molar-refractivity contribution is 7.98. The van der Waals surface area contributed by atoms with Crippen molar-refractivity contribution in [3.8, 4) is 5.75 Å². The minimum Gasteiger partial charge on any atom is -0.497 e. The fourth-order valence-electron chi connectivity index (χ4n) is 2.01. The first-order chi connectivity index (χ1) is 11.2. The van der Waals surface area contributed by atoms with E-state index in [-0.39, 0.29) is 5.82 Å². The molecule has 0 spiro atoms. The van der Waals surface area contributed by atoms with E-state index >= 15 is 0 Å². The number of halogens is 1. The van der Waals surface area contributed by atoms with Gasteiger partial charge in [-0.25, -0.2) is 4.39 Å². The van der Waals surface area contributed by atoms with Crippen molar-refractivity contribution in [2.24, 2.45) is 0 Å². The maximum absolute atomic E-state index is 12.9. The zero-order valence-corrected chi connectivity index (χ0v) is 13.3. The SMILES string of the molecule is COc1ccc(Cc2nnc(SCc3ccc(F)cc3)o2)cc1. The van der Waals surface area contributed by atoms with Crippen molar-refractivity contribution in [3.63, 3.8) is 0 Å². The Bertz CT molecular complexity index is 757.